The van der Waals surface area contributed by atoms with Crippen LogP contribution in [0, 0.1) is 7.14 Å². The number of aromatic nitrogens is 2. The highest BCUT2D eigenvalue weighted by Gasteiger charge is 2.35. The molecule has 4 rings (SSSR count). The number of benzene rings is 3. The predicted octanol–water partition coefficient (Wildman–Crippen LogP) is 10.4. The lowest BCUT2D eigenvalue weighted by molar-refractivity contribution is -0.609. The Bertz CT molecular complexity index is 1420. The van der Waals surface area contributed by atoms with Gasteiger partial charge in [-0.15, -0.1) is 0 Å². The van der Waals surface area contributed by atoms with Gasteiger partial charge < -0.3 is 4.74 Å². The summed E-state index contributed by atoms with van der Waals surface area (Å²) in [6.07, 6.45) is 3.80. The maximum Gasteiger partial charge on any atom is 0.339 e. The molecule has 1 aromatic heterocycles. The van der Waals surface area contributed by atoms with Crippen molar-refractivity contribution in [1.82, 2.24) is 4.57 Å². The van der Waals surface area contributed by atoms with Gasteiger partial charge in [0.25, 0.3) is 0 Å². The number of carbonyl (C=O) groups excluding carboxylic acids is 1. The summed E-state index contributed by atoms with van der Waals surface area (Å²) in [5.41, 5.74) is 8.05. The SMILES string of the molecule is CC(C)c1cc(I)cc(C(C)C)c1-n1cc[n+](-c2c(C(C)C)cc(I)cc2C(C)C)c1C(C)OC(=O)c1ccccc1. The van der Waals surface area contributed by atoms with Crippen molar-refractivity contribution in [2.75, 3.05) is 0 Å². The quantitative estimate of drug-likeness (QED) is 0.0962. The fraction of sp³-hybridized carbons (Fsp3) is 0.389. The topological polar surface area (TPSA) is 35.1 Å². The van der Waals surface area contributed by atoms with Gasteiger partial charge in [-0.1, -0.05) is 73.6 Å². The Morgan fingerprint density at radius 3 is 1.62 bits per heavy atom. The fourth-order valence-corrected chi connectivity index (χ4v) is 6.97. The minimum absolute atomic E-state index is 0.314. The van der Waals surface area contributed by atoms with Crippen molar-refractivity contribution in [3.05, 3.63) is 108 Å². The molecule has 0 amide bonds. The molecule has 0 aliphatic rings. The molecule has 4 aromatic rings. The molecule has 1 atom stereocenters. The zero-order valence-electron chi connectivity index (χ0n) is 26.2. The Kier molecular flexibility index (Phi) is 10.6. The van der Waals surface area contributed by atoms with E-state index in [1.54, 1.807) is 0 Å². The molecule has 42 heavy (non-hydrogen) atoms. The molecule has 6 heteroatoms. The molecule has 222 valence electrons. The molecule has 0 spiro atoms. The minimum atomic E-state index is -0.522. The molecule has 0 aliphatic heterocycles. The fourth-order valence-electron chi connectivity index (χ4n) is 5.63. The molecule has 1 heterocycles. The first-order valence-electron chi connectivity index (χ1n) is 14.9. The highest BCUT2D eigenvalue weighted by atomic mass is 127. The molecule has 0 N–H and O–H groups in total. The summed E-state index contributed by atoms with van der Waals surface area (Å²) in [6, 6.07) is 18.5. The summed E-state index contributed by atoms with van der Waals surface area (Å²) in [5, 5.41) is 0. The van der Waals surface area contributed by atoms with E-state index in [4.69, 9.17) is 4.74 Å². The number of carbonyl (C=O) groups is 1. The molecule has 0 bridgehead atoms. The van der Waals surface area contributed by atoms with Crippen LogP contribution in [0.4, 0.5) is 0 Å². The molecule has 0 radical (unpaired) electrons. The van der Waals surface area contributed by atoms with E-state index in [1.165, 1.54) is 40.8 Å². The molecular formula is C36H43I2N2O2+. The first-order chi connectivity index (χ1) is 19.8. The molecule has 0 fully saturated rings. The molecule has 3 aromatic carbocycles. The van der Waals surface area contributed by atoms with Crippen molar-refractivity contribution in [2.24, 2.45) is 0 Å². The lowest BCUT2D eigenvalue weighted by Crippen LogP contribution is -2.39. The van der Waals surface area contributed by atoms with Gasteiger partial charge in [-0.2, -0.15) is 9.13 Å². The Morgan fingerprint density at radius 1 is 0.714 bits per heavy atom. The van der Waals surface area contributed by atoms with Gasteiger partial charge in [-0.3, -0.25) is 0 Å². The average Bonchev–Trinajstić information content (AvgIpc) is 3.36. The average molecular weight is 790 g/mol. The number of hydrogen-bond acceptors (Lipinski definition) is 2. The van der Waals surface area contributed by atoms with Crippen LogP contribution < -0.4 is 4.57 Å². The number of halogens is 2. The minimum Gasteiger partial charge on any atom is -0.446 e. The van der Waals surface area contributed by atoms with Gasteiger partial charge in [-0.25, -0.2) is 4.79 Å². The van der Waals surface area contributed by atoms with Crippen LogP contribution in [0.25, 0.3) is 11.4 Å². The highest BCUT2D eigenvalue weighted by molar-refractivity contribution is 14.1. The number of nitrogens with zero attached hydrogens (tertiary/aromatic N) is 2. The van der Waals surface area contributed by atoms with Crippen molar-refractivity contribution in [2.45, 2.75) is 92.1 Å². The van der Waals surface area contributed by atoms with Gasteiger partial charge in [0.15, 0.2) is 0 Å². The van der Waals surface area contributed by atoms with Gasteiger partial charge >= 0.3 is 11.8 Å². The van der Waals surface area contributed by atoms with Crippen LogP contribution in [0.3, 0.4) is 0 Å². The summed E-state index contributed by atoms with van der Waals surface area (Å²) in [5.74, 6) is 1.86. The second-order valence-corrected chi connectivity index (χ2v) is 14.8. The van der Waals surface area contributed by atoms with E-state index < -0.39 is 6.10 Å². The number of hydrogen-bond donors (Lipinski definition) is 0. The summed E-state index contributed by atoms with van der Waals surface area (Å²) in [6.45, 7) is 20.0. The number of imidazole rings is 1. The van der Waals surface area contributed by atoms with Crippen LogP contribution >= 0.6 is 45.2 Å². The van der Waals surface area contributed by atoms with Crippen LogP contribution in [-0.2, 0) is 4.74 Å². The lowest BCUT2D eigenvalue weighted by atomic mass is 9.92. The Balaban J connectivity index is 2.08. The lowest BCUT2D eigenvalue weighted by Gasteiger charge is -2.22. The van der Waals surface area contributed by atoms with Crippen molar-refractivity contribution in [1.29, 1.82) is 0 Å². The number of rotatable bonds is 9. The zero-order chi connectivity index (χ0) is 30.9. The number of ether oxygens (including phenoxy) is 1. The van der Waals surface area contributed by atoms with Crippen LogP contribution in [0.1, 0.15) is 131 Å². The summed E-state index contributed by atoms with van der Waals surface area (Å²) >= 11 is 4.87. The monoisotopic (exact) mass is 789 g/mol. The van der Waals surface area contributed by atoms with Crippen molar-refractivity contribution >= 4 is 51.2 Å². The third-order valence-corrected chi connectivity index (χ3v) is 9.00. The Morgan fingerprint density at radius 2 is 1.17 bits per heavy atom. The molecule has 4 nitrogen and oxygen atoms in total. The van der Waals surface area contributed by atoms with Crippen molar-refractivity contribution in [3.63, 3.8) is 0 Å². The maximum atomic E-state index is 13.4. The van der Waals surface area contributed by atoms with E-state index in [2.05, 4.69) is 146 Å². The molecule has 0 saturated carbocycles. The smallest absolute Gasteiger partial charge is 0.339 e. The Labute approximate surface area is 279 Å². The molecule has 1 unspecified atom stereocenters. The van der Waals surface area contributed by atoms with Gasteiger partial charge in [0, 0.05) is 29.4 Å². The second-order valence-electron chi connectivity index (χ2n) is 12.3. The summed E-state index contributed by atoms with van der Waals surface area (Å²) in [7, 11) is 0. The largest absolute Gasteiger partial charge is 0.446 e. The van der Waals surface area contributed by atoms with Crippen LogP contribution in [0.5, 0.6) is 0 Å². The van der Waals surface area contributed by atoms with E-state index in [0.29, 0.717) is 29.2 Å². The zero-order valence-corrected chi connectivity index (χ0v) is 30.5. The standard InChI is InChI=1S/C36H43I2N2O2/c1-21(2)29-17-27(37)18-30(22(3)4)33(29)39-15-16-40(34-31(23(5)6)19-28(38)20-32(34)24(7)8)35(39)25(9)42-36(41)26-13-11-10-12-14-26/h10-25H,1-9H3/q+1. The predicted molar refractivity (Wildman–Crippen MR) is 189 cm³/mol. The normalized spacial score (nSPS) is 12.5. The van der Waals surface area contributed by atoms with Crippen molar-refractivity contribution in [3.8, 4) is 11.4 Å². The van der Waals surface area contributed by atoms with E-state index in [-0.39, 0.29) is 5.97 Å². The van der Waals surface area contributed by atoms with E-state index >= 15 is 0 Å². The number of esters is 1. The van der Waals surface area contributed by atoms with Gasteiger partial charge in [0.05, 0.1) is 5.56 Å². The van der Waals surface area contributed by atoms with Crippen molar-refractivity contribution < 1.29 is 14.1 Å². The first-order valence-corrected chi connectivity index (χ1v) is 17.0. The van der Waals surface area contributed by atoms with Crippen LogP contribution in [0.15, 0.2) is 67.0 Å². The molecule has 0 saturated heterocycles. The summed E-state index contributed by atoms with van der Waals surface area (Å²) < 4.78 is 13.3. The van der Waals surface area contributed by atoms with E-state index in [1.807, 2.05) is 37.3 Å². The van der Waals surface area contributed by atoms with Crippen LogP contribution in [-0.4, -0.2) is 10.5 Å². The third kappa shape index (κ3) is 6.79. The summed E-state index contributed by atoms with van der Waals surface area (Å²) in [4.78, 5) is 13.4. The highest BCUT2D eigenvalue weighted by Crippen LogP contribution is 2.37. The molecule has 0 aliphatic carbocycles. The molecular weight excluding hydrogens is 746 g/mol. The van der Waals surface area contributed by atoms with E-state index in [0.717, 1.165) is 5.82 Å². The first kappa shape index (κ1) is 32.7. The second kappa shape index (κ2) is 13.6. The van der Waals surface area contributed by atoms with E-state index in [9.17, 15) is 4.79 Å². The Hall–Kier alpha value is -2.20. The third-order valence-electron chi connectivity index (χ3n) is 7.75. The van der Waals surface area contributed by atoms with Crippen LogP contribution in [0.2, 0.25) is 0 Å². The maximum absolute atomic E-state index is 13.4. The van der Waals surface area contributed by atoms with Gasteiger partial charge in [-0.05, 0) is 112 Å². The van der Waals surface area contributed by atoms with Gasteiger partial charge in [0.1, 0.15) is 23.8 Å². The van der Waals surface area contributed by atoms with Gasteiger partial charge in [0.2, 0.25) is 6.10 Å².